The SMILES string of the molecule is O=CCCCC(=O)C(=O)CCCC=O. The van der Waals surface area contributed by atoms with E-state index in [-0.39, 0.29) is 12.8 Å². The van der Waals surface area contributed by atoms with Gasteiger partial charge in [-0.3, -0.25) is 9.59 Å². The Morgan fingerprint density at radius 1 is 0.786 bits per heavy atom. The molecule has 0 rings (SSSR count). The van der Waals surface area contributed by atoms with Crippen LogP contribution in [-0.2, 0) is 19.2 Å². The number of hydrogen-bond acceptors (Lipinski definition) is 4. The molecule has 0 atom stereocenters. The lowest BCUT2D eigenvalue weighted by Crippen LogP contribution is -2.13. The van der Waals surface area contributed by atoms with Gasteiger partial charge in [0.1, 0.15) is 12.6 Å². The summed E-state index contributed by atoms with van der Waals surface area (Å²) >= 11 is 0. The summed E-state index contributed by atoms with van der Waals surface area (Å²) in [6, 6.07) is 0. The highest BCUT2D eigenvalue weighted by molar-refractivity contribution is 6.37. The molecule has 0 aromatic heterocycles. The van der Waals surface area contributed by atoms with Crippen molar-refractivity contribution in [2.24, 2.45) is 0 Å². The third kappa shape index (κ3) is 6.22. The summed E-state index contributed by atoms with van der Waals surface area (Å²) in [5.41, 5.74) is 0. The molecule has 78 valence electrons. The van der Waals surface area contributed by atoms with Gasteiger partial charge in [0.2, 0.25) is 0 Å². The van der Waals surface area contributed by atoms with Crippen molar-refractivity contribution in [1.82, 2.24) is 0 Å². The Bertz CT molecular complexity index is 196. The largest absolute Gasteiger partial charge is 0.303 e. The third-order valence-electron chi connectivity index (χ3n) is 1.76. The number of unbranched alkanes of at least 4 members (excludes halogenated alkanes) is 2. The molecule has 4 nitrogen and oxygen atoms in total. The van der Waals surface area contributed by atoms with Crippen molar-refractivity contribution in [3.8, 4) is 0 Å². The zero-order valence-electron chi connectivity index (χ0n) is 8.03. The summed E-state index contributed by atoms with van der Waals surface area (Å²) in [6.07, 6.45) is 3.22. The fraction of sp³-hybridized carbons (Fsp3) is 0.600. The average Bonchev–Trinajstić information content (AvgIpc) is 2.18. The molecule has 4 heteroatoms. The molecule has 0 saturated carbocycles. The molecule has 0 bridgehead atoms. The molecule has 0 aliphatic rings. The molecule has 0 amide bonds. The van der Waals surface area contributed by atoms with E-state index >= 15 is 0 Å². The minimum Gasteiger partial charge on any atom is -0.303 e. The number of ketones is 2. The van der Waals surface area contributed by atoms with Crippen molar-refractivity contribution < 1.29 is 19.2 Å². The van der Waals surface area contributed by atoms with Crippen LogP contribution in [0.4, 0.5) is 0 Å². The van der Waals surface area contributed by atoms with Crippen molar-refractivity contribution in [1.29, 1.82) is 0 Å². The van der Waals surface area contributed by atoms with Gasteiger partial charge in [-0.25, -0.2) is 0 Å². The minimum atomic E-state index is -0.433. The van der Waals surface area contributed by atoms with Crippen molar-refractivity contribution in [2.75, 3.05) is 0 Å². The Hall–Kier alpha value is -1.32. The lowest BCUT2D eigenvalue weighted by atomic mass is 10.1. The van der Waals surface area contributed by atoms with Crippen LogP contribution in [0.15, 0.2) is 0 Å². The van der Waals surface area contributed by atoms with Crippen molar-refractivity contribution in [3.05, 3.63) is 0 Å². The first-order valence-electron chi connectivity index (χ1n) is 4.65. The monoisotopic (exact) mass is 198 g/mol. The molecule has 0 aliphatic carbocycles. The topological polar surface area (TPSA) is 68.3 Å². The maximum Gasteiger partial charge on any atom is 0.198 e. The van der Waals surface area contributed by atoms with Gasteiger partial charge < -0.3 is 9.59 Å². The second-order valence-corrected chi connectivity index (χ2v) is 2.96. The van der Waals surface area contributed by atoms with Gasteiger partial charge in [-0.05, 0) is 12.8 Å². The first-order valence-corrected chi connectivity index (χ1v) is 4.65. The standard InChI is InChI=1S/C10H14O4/c11-7-3-1-5-9(13)10(14)6-2-4-8-12/h7-8H,1-6H2. The average molecular weight is 198 g/mol. The van der Waals surface area contributed by atoms with E-state index in [0.717, 1.165) is 12.6 Å². The Labute approximate surface area is 82.7 Å². The van der Waals surface area contributed by atoms with Crippen LogP contribution in [0.2, 0.25) is 0 Å². The molecule has 0 aliphatic heterocycles. The molecule has 0 radical (unpaired) electrons. The van der Waals surface area contributed by atoms with Crippen LogP contribution in [0.25, 0.3) is 0 Å². The molecule has 0 aromatic carbocycles. The highest BCUT2D eigenvalue weighted by Gasteiger charge is 2.11. The molecule has 0 aromatic rings. The molecule has 0 fully saturated rings. The second-order valence-electron chi connectivity index (χ2n) is 2.96. The number of carbonyl (C=O) groups excluding carboxylic acids is 4. The van der Waals surface area contributed by atoms with Gasteiger partial charge in [0.05, 0.1) is 0 Å². The van der Waals surface area contributed by atoms with Gasteiger partial charge in [0.25, 0.3) is 0 Å². The Morgan fingerprint density at radius 2 is 1.14 bits per heavy atom. The number of carbonyl (C=O) groups is 4. The normalized spacial score (nSPS) is 9.43. The Morgan fingerprint density at radius 3 is 1.43 bits per heavy atom. The number of hydrogen-bond donors (Lipinski definition) is 0. The van der Waals surface area contributed by atoms with Crippen LogP contribution in [0, 0.1) is 0 Å². The highest BCUT2D eigenvalue weighted by Crippen LogP contribution is 2.00. The summed E-state index contributed by atoms with van der Waals surface area (Å²) in [7, 11) is 0. The van der Waals surface area contributed by atoms with Gasteiger partial charge in [0, 0.05) is 25.7 Å². The lowest BCUT2D eigenvalue weighted by Gasteiger charge is -1.96. The molecule has 0 spiro atoms. The fourth-order valence-electron chi connectivity index (χ4n) is 0.971. The van der Waals surface area contributed by atoms with E-state index in [9.17, 15) is 19.2 Å². The number of aldehydes is 2. The third-order valence-corrected chi connectivity index (χ3v) is 1.76. The molecular formula is C10H14O4. The minimum absolute atomic E-state index is 0.138. The predicted molar refractivity (Wildman–Crippen MR) is 49.8 cm³/mol. The number of rotatable bonds is 9. The molecule has 0 unspecified atom stereocenters. The van der Waals surface area contributed by atoms with Gasteiger partial charge in [-0.1, -0.05) is 0 Å². The van der Waals surface area contributed by atoms with Crippen molar-refractivity contribution in [3.63, 3.8) is 0 Å². The van der Waals surface area contributed by atoms with E-state index in [4.69, 9.17) is 0 Å². The molecule has 0 heterocycles. The first kappa shape index (κ1) is 12.7. The van der Waals surface area contributed by atoms with Gasteiger partial charge in [-0.2, -0.15) is 0 Å². The van der Waals surface area contributed by atoms with Crippen molar-refractivity contribution in [2.45, 2.75) is 38.5 Å². The smallest absolute Gasteiger partial charge is 0.198 e. The summed E-state index contributed by atoms with van der Waals surface area (Å²) in [4.78, 5) is 42.0. The van der Waals surface area contributed by atoms with Crippen LogP contribution in [0.3, 0.4) is 0 Å². The summed E-state index contributed by atoms with van der Waals surface area (Å²) in [6.45, 7) is 0. The highest BCUT2D eigenvalue weighted by atomic mass is 16.2. The Kier molecular flexibility index (Phi) is 7.50. The summed E-state index contributed by atoms with van der Waals surface area (Å²) in [5, 5.41) is 0. The predicted octanol–water partition coefficient (Wildman–Crippen LogP) is 0.863. The van der Waals surface area contributed by atoms with E-state index < -0.39 is 11.6 Å². The quantitative estimate of drug-likeness (QED) is 0.313. The summed E-state index contributed by atoms with van der Waals surface area (Å²) in [5.74, 6) is -0.865. The first-order chi connectivity index (χ1) is 6.72. The second kappa shape index (κ2) is 8.29. The van der Waals surface area contributed by atoms with Gasteiger partial charge in [0.15, 0.2) is 11.6 Å². The van der Waals surface area contributed by atoms with E-state index in [1.807, 2.05) is 0 Å². The van der Waals surface area contributed by atoms with Gasteiger partial charge >= 0.3 is 0 Å². The number of Topliss-reactive ketones (excluding diaryl/α,β-unsaturated/α-hetero) is 2. The van der Waals surface area contributed by atoms with Crippen LogP contribution < -0.4 is 0 Å². The maximum absolute atomic E-state index is 11.1. The molecule has 14 heavy (non-hydrogen) atoms. The van der Waals surface area contributed by atoms with Crippen molar-refractivity contribution >= 4 is 24.1 Å². The van der Waals surface area contributed by atoms with Crippen LogP contribution in [0.1, 0.15) is 38.5 Å². The zero-order valence-corrected chi connectivity index (χ0v) is 8.03. The van der Waals surface area contributed by atoms with Crippen LogP contribution in [0.5, 0.6) is 0 Å². The molecule has 0 N–H and O–H groups in total. The van der Waals surface area contributed by atoms with E-state index in [1.165, 1.54) is 0 Å². The van der Waals surface area contributed by atoms with Crippen LogP contribution >= 0.6 is 0 Å². The van der Waals surface area contributed by atoms with E-state index in [1.54, 1.807) is 0 Å². The molecule has 0 saturated heterocycles. The lowest BCUT2D eigenvalue weighted by molar-refractivity contribution is -0.136. The van der Waals surface area contributed by atoms with E-state index in [0.29, 0.717) is 25.7 Å². The van der Waals surface area contributed by atoms with Gasteiger partial charge in [-0.15, -0.1) is 0 Å². The zero-order chi connectivity index (χ0) is 10.8. The Balaban J connectivity index is 3.59. The van der Waals surface area contributed by atoms with Crippen LogP contribution in [-0.4, -0.2) is 24.1 Å². The fourth-order valence-corrected chi connectivity index (χ4v) is 0.971. The van der Waals surface area contributed by atoms with E-state index in [2.05, 4.69) is 0 Å². The molecular weight excluding hydrogens is 184 g/mol. The maximum atomic E-state index is 11.1. The summed E-state index contributed by atoms with van der Waals surface area (Å²) < 4.78 is 0.